The Balaban J connectivity index is 2.90. The molecule has 0 aromatic heterocycles. The molecule has 1 aromatic rings. The number of hydrogen-bond donors (Lipinski definition) is 1. The van der Waals surface area contributed by atoms with Crippen LogP contribution in [0.3, 0.4) is 0 Å². The Kier molecular flexibility index (Phi) is 4.93. The average molecular weight is 260 g/mol. The van der Waals surface area contributed by atoms with Crippen LogP contribution in [0.5, 0.6) is 0 Å². The van der Waals surface area contributed by atoms with Crippen molar-refractivity contribution in [1.82, 2.24) is 0 Å². The van der Waals surface area contributed by atoms with Gasteiger partial charge in [-0.15, -0.1) is 0 Å². The van der Waals surface area contributed by atoms with Crippen molar-refractivity contribution in [2.45, 2.75) is 46.5 Å². The maximum atomic E-state index is 10.8. The number of rotatable bonds is 4. The van der Waals surface area contributed by atoms with Gasteiger partial charge in [-0.2, -0.15) is 0 Å². The second kappa shape index (κ2) is 6.05. The first-order valence-corrected chi connectivity index (χ1v) is 6.73. The molecule has 0 radical (unpaired) electrons. The van der Waals surface area contributed by atoms with Crippen molar-refractivity contribution in [3.8, 4) is 0 Å². The smallest absolute Gasteiger partial charge is 0.328 e. The third-order valence-corrected chi connectivity index (χ3v) is 3.28. The summed E-state index contributed by atoms with van der Waals surface area (Å²) in [6, 6.07) is 8.46. The Morgan fingerprint density at radius 2 is 1.74 bits per heavy atom. The first-order valence-electron chi connectivity index (χ1n) is 6.73. The molecule has 0 saturated heterocycles. The van der Waals surface area contributed by atoms with Gasteiger partial charge in [0.15, 0.2) is 0 Å². The molecule has 0 unspecified atom stereocenters. The maximum Gasteiger partial charge on any atom is 0.328 e. The number of carboxylic acids is 1. The van der Waals surface area contributed by atoms with E-state index in [9.17, 15) is 4.79 Å². The summed E-state index contributed by atoms with van der Waals surface area (Å²) >= 11 is 0. The predicted octanol–water partition coefficient (Wildman–Crippen LogP) is 4.19. The average Bonchev–Trinajstić information content (AvgIpc) is 2.27. The van der Waals surface area contributed by atoms with Gasteiger partial charge in [0.1, 0.15) is 0 Å². The summed E-state index contributed by atoms with van der Waals surface area (Å²) in [5, 5.41) is 8.89. The fourth-order valence-corrected chi connectivity index (χ4v) is 1.94. The third-order valence-electron chi connectivity index (χ3n) is 3.28. The zero-order chi connectivity index (χ0) is 14.6. The molecule has 1 N–H and O–H groups in total. The lowest BCUT2D eigenvalue weighted by Crippen LogP contribution is -2.11. The minimum Gasteiger partial charge on any atom is -0.478 e. The SMILES string of the molecule is CC(C)/C(=C\C(=O)O)Cc1ccc(C(C)(C)C)cc1. The maximum absolute atomic E-state index is 10.8. The van der Waals surface area contributed by atoms with Gasteiger partial charge in [0, 0.05) is 6.08 Å². The van der Waals surface area contributed by atoms with Crippen LogP contribution < -0.4 is 0 Å². The van der Waals surface area contributed by atoms with Gasteiger partial charge >= 0.3 is 5.97 Å². The van der Waals surface area contributed by atoms with E-state index in [2.05, 4.69) is 45.0 Å². The Morgan fingerprint density at radius 3 is 2.11 bits per heavy atom. The molecule has 1 aromatic carbocycles. The van der Waals surface area contributed by atoms with Crippen LogP contribution in [0.2, 0.25) is 0 Å². The van der Waals surface area contributed by atoms with Crippen LogP contribution in [-0.2, 0) is 16.6 Å². The molecule has 104 valence electrons. The second-order valence-electron chi connectivity index (χ2n) is 6.34. The third kappa shape index (κ3) is 4.90. The van der Waals surface area contributed by atoms with Crippen LogP contribution in [0.1, 0.15) is 45.7 Å². The van der Waals surface area contributed by atoms with Crippen LogP contribution in [0.15, 0.2) is 35.9 Å². The molecule has 0 saturated carbocycles. The molecule has 0 aliphatic heterocycles. The zero-order valence-electron chi connectivity index (χ0n) is 12.5. The fraction of sp³-hybridized carbons (Fsp3) is 0.471. The summed E-state index contributed by atoms with van der Waals surface area (Å²) in [6.07, 6.45) is 2.04. The highest BCUT2D eigenvalue weighted by Gasteiger charge is 2.13. The van der Waals surface area contributed by atoms with Crippen molar-refractivity contribution >= 4 is 5.97 Å². The monoisotopic (exact) mass is 260 g/mol. The van der Waals surface area contributed by atoms with Gasteiger partial charge in [-0.3, -0.25) is 0 Å². The lowest BCUT2D eigenvalue weighted by Gasteiger charge is -2.19. The quantitative estimate of drug-likeness (QED) is 0.824. The van der Waals surface area contributed by atoms with E-state index >= 15 is 0 Å². The Labute approximate surface area is 116 Å². The number of allylic oxidation sites excluding steroid dienone is 1. The molecule has 0 atom stereocenters. The Hall–Kier alpha value is -1.57. The van der Waals surface area contributed by atoms with E-state index in [1.807, 2.05) is 13.8 Å². The first-order chi connectivity index (χ1) is 8.70. The van der Waals surface area contributed by atoms with E-state index in [-0.39, 0.29) is 11.3 Å². The zero-order valence-corrected chi connectivity index (χ0v) is 12.5. The largest absolute Gasteiger partial charge is 0.478 e. The molecule has 0 spiro atoms. The number of aliphatic carboxylic acids is 1. The normalized spacial score (nSPS) is 12.8. The van der Waals surface area contributed by atoms with Crippen LogP contribution >= 0.6 is 0 Å². The summed E-state index contributed by atoms with van der Waals surface area (Å²) in [7, 11) is 0. The molecule has 1 rings (SSSR count). The summed E-state index contributed by atoms with van der Waals surface area (Å²) < 4.78 is 0. The van der Waals surface area contributed by atoms with Crippen molar-refractivity contribution in [3.63, 3.8) is 0 Å². The highest BCUT2D eigenvalue weighted by atomic mass is 16.4. The van der Waals surface area contributed by atoms with Gasteiger partial charge in [-0.05, 0) is 28.9 Å². The number of carboxylic acid groups (broad SMARTS) is 1. The van der Waals surface area contributed by atoms with Crippen molar-refractivity contribution in [1.29, 1.82) is 0 Å². The number of carbonyl (C=O) groups is 1. The van der Waals surface area contributed by atoms with Gasteiger partial charge in [-0.1, -0.05) is 64.5 Å². The van der Waals surface area contributed by atoms with E-state index in [0.717, 1.165) is 11.1 Å². The van der Waals surface area contributed by atoms with Crippen LogP contribution in [-0.4, -0.2) is 11.1 Å². The highest BCUT2D eigenvalue weighted by Crippen LogP contribution is 2.23. The topological polar surface area (TPSA) is 37.3 Å². The molecular formula is C17H24O2. The molecule has 0 aliphatic carbocycles. The molecule has 2 nitrogen and oxygen atoms in total. The highest BCUT2D eigenvalue weighted by molar-refractivity contribution is 5.80. The minimum absolute atomic E-state index is 0.149. The van der Waals surface area contributed by atoms with E-state index in [1.165, 1.54) is 11.6 Å². The van der Waals surface area contributed by atoms with Gasteiger partial charge in [-0.25, -0.2) is 4.79 Å². The summed E-state index contributed by atoms with van der Waals surface area (Å²) in [4.78, 5) is 10.8. The standard InChI is InChI=1S/C17H24O2/c1-12(2)14(11-16(18)19)10-13-6-8-15(9-7-13)17(3,4)5/h6-9,11-12H,10H2,1-5H3,(H,18,19)/b14-11-. The van der Waals surface area contributed by atoms with Gasteiger partial charge in [0.25, 0.3) is 0 Å². The van der Waals surface area contributed by atoms with Crippen LogP contribution in [0.4, 0.5) is 0 Å². The van der Waals surface area contributed by atoms with Crippen molar-refractivity contribution in [2.24, 2.45) is 5.92 Å². The van der Waals surface area contributed by atoms with E-state index in [0.29, 0.717) is 6.42 Å². The molecule has 0 fully saturated rings. The minimum atomic E-state index is -0.866. The van der Waals surface area contributed by atoms with E-state index in [1.54, 1.807) is 0 Å². The van der Waals surface area contributed by atoms with E-state index < -0.39 is 5.97 Å². The Morgan fingerprint density at radius 1 is 1.21 bits per heavy atom. The summed E-state index contributed by atoms with van der Waals surface area (Å²) in [5.41, 5.74) is 3.56. The lowest BCUT2D eigenvalue weighted by atomic mass is 9.86. The molecular weight excluding hydrogens is 236 g/mol. The predicted molar refractivity (Wildman–Crippen MR) is 79.4 cm³/mol. The van der Waals surface area contributed by atoms with Gasteiger partial charge in [0.05, 0.1) is 0 Å². The van der Waals surface area contributed by atoms with Crippen LogP contribution in [0, 0.1) is 5.92 Å². The van der Waals surface area contributed by atoms with Crippen molar-refractivity contribution in [3.05, 3.63) is 47.0 Å². The first kappa shape index (κ1) is 15.5. The molecule has 0 heterocycles. The molecule has 19 heavy (non-hydrogen) atoms. The number of hydrogen-bond acceptors (Lipinski definition) is 1. The Bertz CT molecular complexity index is 459. The summed E-state index contributed by atoms with van der Waals surface area (Å²) in [6.45, 7) is 10.6. The molecule has 0 bridgehead atoms. The van der Waals surface area contributed by atoms with Gasteiger partial charge < -0.3 is 5.11 Å². The fourth-order valence-electron chi connectivity index (χ4n) is 1.94. The van der Waals surface area contributed by atoms with Crippen molar-refractivity contribution in [2.75, 3.05) is 0 Å². The van der Waals surface area contributed by atoms with Crippen LogP contribution in [0.25, 0.3) is 0 Å². The second-order valence-corrected chi connectivity index (χ2v) is 6.34. The number of benzene rings is 1. The lowest BCUT2D eigenvalue weighted by molar-refractivity contribution is -0.131. The molecule has 2 heteroatoms. The molecule has 0 aliphatic rings. The van der Waals surface area contributed by atoms with E-state index in [4.69, 9.17) is 5.11 Å². The van der Waals surface area contributed by atoms with Crippen molar-refractivity contribution < 1.29 is 9.90 Å². The van der Waals surface area contributed by atoms with Gasteiger partial charge in [0.2, 0.25) is 0 Å². The molecule has 0 amide bonds. The summed E-state index contributed by atoms with van der Waals surface area (Å²) in [5.74, 6) is -0.617.